The van der Waals surface area contributed by atoms with Gasteiger partial charge in [0, 0.05) is 18.3 Å². The minimum Gasteiger partial charge on any atom is -0.339 e. The van der Waals surface area contributed by atoms with E-state index < -0.39 is 0 Å². The van der Waals surface area contributed by atoms with Gasteiger partial charge in [0.1, 0.15) is 5.82 Å². The van der Waals surface area contributed by atoms with E-state index in [0.29, 0.717) is 18.3 Å². The number of imidazole rings is 1. The lowest BCUT2D eigenvalue weighted by atomic mass is 10.0. The first-order valence-corrected chi connectivity index (χ1v) is 6.04. The van der Waals surface area contributed by atoms with E-state index in [2.05, 4.69) is 29.0 Å². The lowest BCUT2D eigenvalue weighted by molar-refractivity contribution is 0.342. The molecule has 0 fully saturated rings. The van der Waals surface area contributed by atoms with E-state index in [0.717, 1.165) is 24.6 Å². The first-order chi connectivity index (χ1) is 8.24. The van der Waals surface area contributed by atoms with Gasteiger partial charge in [0.25, 0.3) is 0 Å². The largest absolute Gasteiger partial charge is 0.339 e. The van der Waals surface area contributed by atoms with Crippen molar-refractivity contribution in [3.8, 4) is 0 Å². The Hall–Kier alpha value is -1.65. The molecule has 0 spiro atoms. The second-order valence-corrected chi connectivity index (χ2v) is 4.16. The molecular formula is C12H18N4O. The van der Waals surface area contributed by atoms with E-state index in [1.165, 1.54) is 0 Å². The van der Waals surface area contributed by atoms with Crippen LogP contribution in [-0.2, 0) is 6.54 Å². The Labute approximate surface area is 101 Å². The van der Waals surface area contributed by atoms with E-state index in [1.807, 2.05) is 17.7 Å². The average Bonchev–Trinajstić information content (AvgIpc) is 2.92. The molecule has 0 amide bonds. The lowest BCUT2D eigenvalue weighted by Crippen LogP contribution is -2.03. The smallest absolute Gasteiger partial charge is 0.229 e. The lowest BCUT2D eigenvalue weighted by Gasteiger charge is -2.04. The SMILES string of the molecule is CCC(CC)c1nc(Cn2ccnc2C)no1. The zero-order chi connectivity index (χ0) is 12.3. The summed E-state index contributed by atoms with van der Waals surface area (Å²) in [6.07, 6.45) is 5.75. The molecule has 0 aliphatic carbocycles. The molecule has 0 N–H and O–H groups in total. The average molecular weight is 234 g/mol. The standard InChI is InChI=1S/C12H18N4O/c1-4-10(5-2)12-14-11(15-17-12)8-16-7-6-13-9(16)3/h6-7,10H,4-5,8H2,1-3H3. The van der Waals surface area contributed by atoms with Crippen LogP contribution in [0.3, 0.4) is 0 Å². The number of nitrogens with zero attached hydrogens (tertiary/aromatic N) is 4. The summed E-state index contributed by atoms with van der Waals surface area (Å²) in [6.45, 7) is 6.85. The predicted octanol–water partition coefficient (Wildman–Crippen LogP) is 2.53. The van der Waals surface area contributed by atoms with Crippen molar-refractivity contribution in [2.24, 2.45) is 0 Å². The highest BCUT2D eigenvalue weighted by molar-refractivity contribution is 4.97. The summed E-state index contributed by atoms with van der Waals surface area (Å²) in [5.41, 5.74) is 0. The fourth-order valence-electron chi connectivity index (χ4n) is 1.86. The van der Waals surface area contributed by atoms with Gasteiger partial charge in [0.15, 0.2) is 5.82 Å². The third kappa shape index (κ3) is 2.54. The molecule has 0 atom stereocenters. The third-order valence-corrected chi connectivity index (χ3v) is 3.05. The summed E-state index contributed by atoms with van der Waals surface area (Å²) in [6, 6.07) is 0. The van der Waals surface area contributed by atoms with Gasteiger partial charge in [-0.3, -0.25) is 0 Å². The molecule has 0 radical (unpaired) electrons. The molecule has 0 aliphatic rings. The summed E-state index contributed by atoms with van der Waals surface area (Å²) in [5, 5.41) is 4.01. The summed E-state index contributed by atoms with van der Waals surface area (Å²) < 4.78 is 7.30. The summed E-state index contributed by atoms with van der Waals surface area (Å²) in [4.78, 5) is 8.61. The van der Waals surface area contributed by atoms with Crippen LogP contribution in [0.25, 0.3) is 0 Å². The van der Waals surface area contributed by atoms with Gasteiger partial charge < -0.3 is 9.09 Å². The van der Waals surface area contributed by atoms with Crippen LogP contribution < -0.4 is 0 Å². The maximum absolute atomic E-state index is 5.30. The van der Waals surface area contributed by atoms with Gasteiger partial charge in [-0.2, -0.15) is 4.98 Å². The molecule has 5 nitrogen and oxygen atoms in total. The Kier molecular flexibility index (Phi) is 3.56. The maximum atomic E-state index is 5.30. The molecular weight excluding hydrogens is 216 g/mol. The van der Waals surface area contributed by atoms with Crippen LogP contribution in [0.15, 0.2) is 16.9 Å². The minimum absolute atomic E-state index is 0.375. The number of hydrogen-bond acceptors (Lipinski definition) is 4. The number of hydrogen-bond donors (Lipinski definition) is 0. The highest BCUT2D eigenvalue weighted by Gasteiger charge is 2.15. The molecule has 0 unspecified atom stereocenters. The quantitative estimate of drug-likeness (QED) is 0.797. The van der Waals surface area contributed by atoms with Gasteiger partial charge in [-0.15, -0.1) is 0 Å². The summed E-state index contributed by atoms with van der Waals surface area (Å²) >= 11 is 0. The molecule has 0 saturated heterocycles. The van der Waals surface area contributed by atoms with Crippen molar-refractivity contribution in [3.63, 3.8) is 0 Å². The van der Waals surface area contributed by atoms with Crippen LogP contribution in [0.1, 0.15) is 50.1 Å². The van der Waals surface area contributed by atoms with Gasteiger partial charge >= 0.3 is 0 Å². The highest BCUT2D eigenvalue weighted by Crippen LogP contribution is 2.20. The van der Waals surface area contributed by atoms with Crippen molar-refractivity contribution in [2.45, 2.75) is 46.1 Å². The Balaban J connectivity index is 2.11. The number of aryl methyl sites for hydroxylation is 1. The molecule has 2 aromatic heterocycles. The first-order valence-electron chi connectivity index (χ1n) is 6.04. The Morgan fingerprint density at radius 2 is 2.12 bits per heavy atom. The molecule has 5 heteroatoms. The molecule has 92 valence electrons. The molecule has 0 aromatic carbocycles. The topological polar surface area (TPSA) is 56.7 Å². The molecule has 0 bridgehead atoms. The van der Waals surface area contributed by atoms with Crippen molar-refractivity contribution < 1.29 is 4.52 Å². The van der Waals surface area contributed by atoms with Crippen LogP contribution >= 0.6 is 0 Å². The Bertz CT molecular complexity index is 470. The van der Waals surface area contributed by atoms with E-state index >= 15 is 0 Å². The first kappa shape index (κ1) is 11.8. The molecule has 2 aromatic rings. The van der Waals surface area contributed by atoms with Crippen LogP contribution in [0.2, 0.25) is 0 Å². The van der Waals surface area contributed by atoms with Gasteiger partial charge in [-0.1, -0.05) is 19.0 Å². The van der Waals surface area contributed by atoms with Gasteiger partial charge in [0.05, 0.1) is 6.54 Å². The highest BCUT2D eigenvalue weighted by atomic mass is 16.5. The zero-order valence-electron chi connectivity index (χ0n) is 10.6. The van der Waals surface area contributed by atoms with E-state index in [-0.39, 0.29) is 0 Å². The van der Waals surface area contributed by atoms with Crippen molar-refractivity contribution in [2.75, 3.05) is 0 Å². The summed E-state index contributed by atoms with van der Waals surface area (Å²) in [5.74, 6) is 2.80. The van der Waals surface area contributed by atoms with Crippen molar-refractivity contribution in [1.29, 1.82) is 0 Å². The van der Waals surface area contributed by atoms with Crippen LogP contribution in [0.5, 0.6) is 0 Å². The number of aromatic nitrogens is 4. The molecule has 2 heterocycles. The van der Waals surface area contributed by atoms with E-state index in [1.54, 1.807) is 6.20 Å². The van der Waals surface area contributed by atoms with Crippen molar-refractivity contribution in [1.82, 2.24) is 19.7 Å². The van der Waals surface area contributed by atoms with Crippen LogP contribution in [-0.4, -0.2) is 19.7 Å². The number of rotatable bonds is 5. The monoisotopic (exact) mass is 234 g/mol. The fourth-order valence-corrected chi connectivity index (χ4v) is 1.86. The normalized spacial score (nSPS) is 11.3. The van der Waals surface area contributed by atoms with Crippen molar-refractivity contribution in [3.05, 3.63) is 29.9 Å². The van der Waals surface area contributed by atoms with Crippen LogP contribution in [0, 0.1) is 6.92 Å². The predicted molar refractivity (Wildman–Crippen MR) is 63.7 cm³/mol. The second kappa shape index (κ2) is 5.12. The summed E-state index contributed by atoms with van der Waals surface area (Å²) in [7, 11) is 0. The Morgan fingerprint density at radius 3 is 2.71 bits per heavy atom. The second-order valence-electron chi connectivity index (χ2n) is 4.16. The molecule has 0 saturated carbocycles. The fraction of sp³-hybridized carbons (Fsp3) is 0.583. The van der Waals surface area contributed by atoms with Crippen molar-refractivity contribution >= 4 is 0 Å². The zero-order valence-corrected chi connectivity index (χ0v) is 10.6. The van der Waals surface area contributed by atoms with Crippen LogP contribution in [0.4, 0.5) is 0 Å². The Morgan fingerprint density at radius 1 is 1.35 bits per heavy atom. The maximum Gasteiger partial charge on any atom is 0.229 e. The van der Waals surface area contributed by atoms with Gasteiger partial charge in [-0.25, -0.2) is 4.98 Å². The molecule has 2 rings (SSSR count). The van der Waals surface area contributed by atoms with E-state index in [9.17, 15) is 0 Å². The van der Waals surface area contributed by atoms with E-state index in [4.69, 9.17) is 4.52 Å². The van der Waals surface area contributed by atoms with Gasteiger partial charge in [0.2, 0.25) is 5.89 Å². The molecule has 17 heavy (non-hydrogen) atoms. The third-order valence-electron chi connectivity index (χ3n) is 3.05. The minimum atomic E-state index is 0.375. The molecule has 0 aliphatic heterocycles. The van der Waals surface area contributed by atoms with Gasteiger partial charge in [-0.05, 0) is 19.8 Å².